The largest absolute Gasteiger partial charge is 0.497 e. The Hall–Kier alpha value is -1.81. The van der Waals surface area contributed by atoms with Crippen molar-refractivity contribution in [3.63, 3.8) is 0 Å². The van der Waals surface area contributed by atoms with Gasteiger partial charge in [-0.05, 0) is 55.3 Å². The molecule has 1 aromatic rings. The third-order valence-corrected chi connectivity index (χ3v) is 4.74. The smallest absolute Gasteiger partial charge is 0.251 e. The average molecular weight is 300 g/mol. The first-order chi connectivity index (χ1) is 10.8. The minimum absolute atomic E-state index is 0.0523. The molecule has 4 nitrogen and oxygen atoms in total. The van der Waals surface area contributed by atoms with Gasteiger partial charge in [0.2, 0.25) is 0 Å². The molecule has 3 rings (SSSR count). The van der Waals surface area contributed by atoms with Crippen LogP contribution in [0.25, 0.3) is 0 Å². The predicted octanol–water partition coefficient (Wildman–Crippen LogP) is 2.23. The molecule has 2 N–H and O–H groups in total. The maximum absolute atomic E-state index is 12.0. The molecule has 0 saturated heterocycles. The summed E-state index contributed by atoms with van der Waals surface area (Å²) in [7, 11) is 1.60. The minimum Gasteiger partial charge on any atom is -0.497 e. The Kier molecular flexibility index (Phi) is 4.78. The molecule has 3 unspecified atom stereocenters. The number of allylic oxidation sites excluding steroid dienone is 2. The zero-order chi connectivity index (χ0) is 15.4. The van der Waals surface area contributed by atoms with Crippen LogP contribution in [0, 0.1) is 17.8 Å². The first kappa shape index (κ1) is 15.1. The van der Waals surface area contributed by atoms with Crippen LogP contribution in [0.1, 0.15) is 23.2 Å². The van der Waals surface area contributed by atoms with Gasteiger partial charge >= 0.3 is 0 Å². The van der Waals surface area contributed by atoms with Gasteiger partial charge in [0.15, 0.2) is 0 Å². The average Bonchev–Trinajstić information content (AvgIpc) is 3.17. The van der Waals surface area contributed by atoms with Crippen LogP contribution >= 0.6 is 0 Å². The fraction of sp³-hybridized carbons (Fsp3) is 0.500. The molecule has 2 aliphatic rings. The van der Waals surface area contributed by atoms with E-state index in [4.69, 9.17) is 4.74 Å². The first-order valence-electron chi connectivity index (χ1n) is 8.07. The van der Waals surface area contributed by atoms with Gasteiger partial charge in [-0.2, -0.15) is 0 Å². The van der Waals surface area contributed by atoms with Gasteiger partial charge in [-0.1, -0.05) is 18.2 Å². The van der Waals surface area contributed by atoms with Gasteiger partial charge in [0.05, 0.1) is 7.11 Å². The van der Waals surface area contributed by atoms with Gasteiger partial charge in [0, 0.05) is 18.7 Å². The standard InChI is InChI=1S/C18H24N2O2/c1-22-17-4-2-3-15(11-17)18(21)20-8-7-19-12-16-10-13-5-6-14(16)9-13/h2-6,11,13-14,16,19H,7-10,12H2,1H3,(H,20,21). The van der Waals surface area contributed by atoms with Crippen molar-refractivity contribution in [2.75, 3.05) is 26.7 Å². The van der Waals surface area contributed by atoms with Crippen molar-refractivity contribution < 1.29 is 9.53 Å². The molecule has 0 radical (unpaired) electrons. The van der Waals surface area contributed by atoms with E-state index in [-0.39, 0.29) is 5.91 Å². The molecule has 2 bridgehead atoms. The number of carbonyl (C=O) groups is 1. The molecular formula is C18H24N2O2. The number of rotatable bonds is 7. The SMILES string of the molecule is COc1cccc(C(=O)NCCNCC2CC3C=CC2C3)c1. The maximum atomic E-state index is 12.0. The molecular weight excluding hydrogens is 276 g/mol. The van der Waals surface area contributed by atoms with Crippen LogP contribution in [0.2, 0.25) is 0 Å². The minimum atomic E-state index is -0.0523. The summed E-state index contributed by atoms with van der Waals surface area (Å²) in [5.41, 5.74) is 0.637. The highest BCUT2D eigenvalue weighted by Crippen LogP contribution is 2.42. The summed E-state index contributed by atoms with van der Waals surface area (Å²) in [6, 6.07) is 7.22. The molecule has 0 heterocycles. The molecule has 4 heteroatoms. The Morgan fingerprint density at radius 3 is 2.91 bits per heavy atom. The second kappa shape index (κ2) is 6.97. The normalized spacial score (nSPS) is 25.4. The summed E-state index contributed by atoms with van der Waals surface area (Å²) in [5, 5.41) is 6.41. The summed E-state index contributed by atoms with van der Waals surface area (Å²) < 4.78 is 5.13. The van der Waals surface area contributed by atoms with Crippen LogP contribution in [0.15, 0.2) is 36.4 Å². The van der Waals surface area contributed by atoms with Gasteiger partial charge in [0.1, 0.15) is 5.75 Å². The van der Waals surface area contributed by atoms with Crippen LogP contribution in [0.3, 0.4) is 0 Å². The van der Waals surface area contributed by atoms with E-state index in [0.29, 0.717) is 17.9 Å². The highest BCUT2D eigenvalue weighted by molar-refractivity contribution is 5.94. The van der Waals surface area contributed by atoms with Crippen molar-refractivity contribution in [2.24, 2.45) is 17.8 Å². The van der Waals surface area contributed by atoms with Crippen molar-refractivity contribution in [3.05, 3.63) is 42.0 Å². The molecule has 3 atom stereocenters. The fourth-order valence-corrected chi connectivity index (χ4v) is 3.55. The maximum Gasteiger partial charge on any atom is 0.251 e. The molecule has 1 saturated carbocycles. The van der Waals surface area contributed by atoms with Crippen molar-refractivity contribution in [3.8, 4) is 5.75 Å². The van der Waals surface area contributed by atoms with E-state index in [1.165, 1.54) is 12.8 Å². The third kappa shape index (κ3) is 3.50. The third-order valence-electron chi connectivity index (χ3n) is 4.74. The lowest BCUT2D eigenvalue weighted by Gasteiger charge is -2.18. The number of fused-ring (bicyclic) bond motifs is 2. The van der Waals surface area contributed by atoms with Crippen molar-refractivity contribution in [1.82, 2.24) is 10.6 Å². The van der Waals surface area contributed by atoms with Crippen LogP contribution in [0.5, 0.6) is 5.75 Å². The number of amides is 1. The van der Waals surface area contributed by atoms with E-state index >= 15 is 0 Å². The number of nitrogens with one attached hydrogen (secondary N) is 2. The van der Waals surface area contributed by atoms with Crippen LogP contribution < -0.4 is 15.4 Å². The lowest BCUT2D eigenvalue weighted by molar-refractivity contribution is 0.0953. The Balaban J connectivity index is 1.34. The first-order valence-corrected chi connectivity index (χ1v) is 8.07. The van der Waals surface area contributed by atoms with Crippen LogP contribution in [-0.4, -0.2) is 32.7 Å². The zero-order valence-electron chi connectivity index (χ0n) is 13.0. The van der Waals surface area contributed by atoms with Crippen LogP contribution in [-0.2, 0) is 0 Å². The number of carbonyl (C=O) groups excluding carboxylic acids is 1. The summed E-state index contributed by atoms with van der Waals surface area (Å²) in [6.45, 7) is 2.51. The lowest BCUT2D eigenvalue weighted by Crippen LogP contribution is -2.34. The quantitative estimate of drug-likeness (QED) is 0.600. The summed E-state index contributed by atoms with van der Waals surface area (Å²) in [6.07, 6.45) is 7.42. The highest BCUT2D eigenvalue weighted by Gasteiger charge is 2.34. The Bertz CT molecular complexity index is 556. The molecule has 22 heavy (non-hydrogen) atoms. The van der Waals surface area contributed by atoms with Gasteiger partial charge in [0.25, 0.3) is 5.91 Å². The van der Waals surface area contributed by atoms with E-state index in [2.05, 4.69) is 22.8 Å². The van der Waals surface area contributed by atoms with E-state index in [9.17, 15) is 4.79 Å². The van der Waals surface area contributed by atoms with E-state index in [1.54, 1.807) is 19.2 Å². The summed E-state index contributed by atoms with van der Waals surface area (Å²) in [4.78, 5) is 12.0. The molecule has 118 valence electrons. The summed E-state index contributed by atoms with van der Waals surface area (Å²) in [5.74, 6) is 3.04. The predicted molar refractivity (Wildman–Crippen MR) is 87.0 cm³/mol. The molecule has 0 aliphatic heterocycles. The number of methoxy groups -OCH3 is 1. The van der Waals surface area contributed by atoms with E-state index in [1.807, 2.05) is 12.1 Å². The lowest BCUT2D eigenvalue weighted by atomic mass is 9.94. The molecule has 1 amide bonds. The Morgan fingerprint density at radius 1 is 1.27 bits per heavy atom. The highest BCUT2D eigenvalue weighted by atomic mass is 16.5. The number of ether oxygens (including phenoxy) is 1. The van der Waals surface area contributed by atoms with Crippen LogP contribution in [0.4, 0.5) is 0 Å². The Morgan fingerprint density at radius 2 is 2.18 bits per heavy atom. The number of hydrogen-bond acceptors (Lipinski definition) is 3. The van der Waals surface area contributed by atoms with E-state index < -0.39 is 0 Å². The molecule has 0 aromatic heterocycles. The van der Waals surface area contributed by atoms with Crippen molar-refractivity contribution in [1.29, 1.82) is 0 Å². The van der Waals surface area contributed by atoms with Crippen molar-refractivity contribution in [2.45, 2.75) is 12.8 Å². The van der Waals surface area contributed by atoms with Gasteiger partial charge in [-0.25, -0.2) is 0 Å². The Labute approximate surface area is 131 Å². The van der Waals surface area contributed by atoms with Gasteiger partial charge in [-0.15, -0.1) is 0 Å². The van der Waals surface area contributed by atoms with Crippen molar-refractivity contribution >= 4 is 5.91 Å². The monoisotopic (exact) mass is 300 g/mol. The molecule has 0 spiro atoms. The topological polar surface area (TPSA) is 50.4 Å². The second-order valence-electron chi connectivity index (χ2n) is 6.23. The van der Waals surface area contributed by atoms with Gasteiger partial charge < -0.3 is 15.4 Å². The molecule has 1 fully saturated rings. The van der Waals surface area contributed by atoms with E-state index in [0.717, 1.165) is 30.8 Å². The summed E-state index contributed by atoms with van der Waals surface area (Å²) >= 11 is 0. The molecule has 1 aromatic carbocycles. The second-order valence-corrected chi connectivity index (χ2v) is 6.23. The fourth-order valence-electron chi connectivity index (χ4n) is 3.55. The molecule has 2 aliphatic carbocycles. The number of benzene rings is 1. The number of hydrogen-bond donors (Lipinski definition) is 2. The zero-order valence-corrected chi connectivity index (χ0v) is 13.0. The van der Waals surface area contributed by atoms with Gasteiger partial charge in [-0.3, -0.25) is 4.79 Å².